The van der Waals surface area contributed by atoms with Crippen LogP contribution in [0.4, 0.5) is 14.6 Å². The molecule has 2 aromatic rings. The van der Waals surface area contributed by atoms with E-state index >= 15 is 0 Å². The average Bonchev–Trinajstić information content (AvgIpc) is 2.65. The Morgan fingerprint density at radius 3 is 2.50 bits per heavy atom. The third-order valence-electron chi connectivity index (χ3n) is 2.83. The van der Waals surface area contributed by atoms with Gasteiger partial charge in [-0.15, -0.1) is 0 Å². The summed E-state index contributed by atoms with van der Waals surface area (Å²) < 4.78 is 28.2. The van der Waals surface area contributed by atoms with Crippen molar-refractivity contribution in [3.8, 4) is 0 Å². The summed E-state index contributed by atoms with van der Waals surface area (Å²) in [5, 5.41) is 13.8. The summed E-state index contributed by atoms with van der Waals surface area (Å²) in [6, 6.07) is 3.58. The number of anilines is 1. The van der Waals surface area contributed by atoms with Crippen LogP contribution in [0.3, 0.4) is 0 Å². The monoisotopic (exact) mass is 253 g/mol. The van der Waals surface area contributed by atoms with Gasteiger partial charge in [0.1, 0.15) is 17.5 Å². The molecule has 0 bridgehead atoms. The Balaban J connectivity index is 2.27. The van der Waals surface area contributed by atoms with Crippen LogP contribution in [0.5, 0.6) is 0 Å². The highest BCUT2D eigenvalue weighted by molar-refractivity contribution is 5.40. The van der Waals surface area contributed by atoms with Gasteiger partial charge in [0.05, 0.1) is 12.3 Å². The number of nitrogen functional groups attached to an aromatic ring is 1. The minimum absolute atomic E-state index is 0.159. The van der Waals surface area contributed by atoms with Gasteiger partial charge in [-0.1, -0.05) is 6.07 Å². The molecule has 0 aliphatic rings. The molecule has 0 radical (unpaired) electrons. The van der Waals surface area contributed by atoms with Gasteiger partial charge in [-0.25, -0.2) is 8.78 Å². The lowest BCUT2D eigenvalue weighted by atomic mass is 10.0. The van der Waals surface area contributed by atoms with Crippen LogP contribution in [0.25, 0.3) is 0 Å². The Bertz CT molecular complexity index is 548. The normalized spacial score (nSPS) is 12.7. The van der Waals surface area contributed by atoms with Gasteiger partial charge in [-0.05, 0) is 12.1 Å². The summed E-state index contributed by atoms with van der Waals surface area (Å²) in [6.07, 6.45) is 0.109. The van der Waals surface area contributed by atoms with E-state index in [4.69, 9.17) is 5.73 Å². The zero-order chi connectivity index (χ0) is 13.3. The highest BCUT2D eigenvalue weighted by Crippen LogP contribution is 2.25. The minimum Gasteiger partial charge on any atom is -0.388 e. The predicted octanol–water partition coefficient (Wildman–Crippen LogP) is 1.56. The van der Waals surface area contributed by atoms with E-state index in [2.05, 4.69) is 5.10 Å². The molecule has 0 amide bonds. The quantitative estimate of drug-likeness (QED) is 0.872. The lowest BCUT2D eigenvalue weighted by molar-refractivity contribution is 0.176. The first-order valence-corrected chi connectivity index (χ1v) is 5.39. The molecule has 0 aliphatic carbocycles. The van der Waals surface area contributed by atoms with Crippen LogP contribution in [-0.2, 0) is 13.5 Å². The van der Waals surface area contributed by atoms with Crippen LogP contribution < -0.4 is 5.73 Å². The van der Waals surface area contributed by atoms with Gasteiger partial charge in [0.25, 0.3) is 0 Å². The van der Waals surface area contributed by atoms with E-state index in [-0.39, 0.29) is 17.8 Å². The van der Waals surface area contributed by atoms with Gasteiger partial charge >= 0.3 is 0 Å². The Kier molecular flexibility index (Phi) is 3.29. The Morgan fingerprint density at radius 2 is 2.00 bits per heavy atom. The summed E-state index contributed by atoms with van der Waals surface area (Å²) in [4.78, 5) is 0. The van der Waals surface area contributed by atoms with Crippen molar-refractivity contribution in [3.05, 3.63) is 47.2 Å². The minimum atomic E-state index is -1.09. The standard InChI is InChI=1S/C12H13F2N3O/c1-17-12(15)8(6-16-17)11(18)5-7-9(13)3-2-4-10(7)14/h2-4,6,11,18H,5,15H2,1H3. The lowest BCUT2D eigenvalue weighted by Gasteiger charge is -2.11. The van der Waals surface area contributed by atoms with Crippen molar-refractivity contribution < 1.29 is 13.9 Å². The second-order valence-corrected chi connectivity index (χ2v) is 4.03. The molecule has 0 fully saturated rings. The first-order valence-electron chi connectivity index (χ1n) is 5.39. The number of nitrogens with two attached hydrogens (primary N) is 1. The zero-order valence-electron chi connectivity index (χ0n) is 9.77. The second kappa shape index (κ2) is 4.73. The lowest BCUT2D eigenvalue weighted by Crippen LogP contribution is -2.08. The molecular formula is C12H13F2N3O. The van der Waals surface area contributed by atoms with E-state index < -0.39 is 17.7 Å². The van der Waals surface area contributed by atoms with Gasteiger partial charge < -0.3 is 10.8 Å². The number of benzene rings is 1. The van der Waals surface area contributed by atoms with E-state index in [1.54, 1.807) is 7.05 Å². The number of halogens is 2. The highest BCUT2D eigenvalue weighted by Gasteiger charge is 2.19. The number of aromatic nitrogens is 2. The van der Waals surface area contributed by atoms with Gasteiger partial charge in [0, 0.05) is 24.6 Å². The number of aliphatic hydroxyl groups excluding tert-OH is 1. The van der Waals surface area contributed by atoms with Crippen LogP contribution in [-0.4, -0.2) is 14.9 Å². The maximum absolute atomic E-state index is 13.4. The fourth-order valence-corrected chi connectivity index (χ4v) is 1.75. The molecule has 2 rings (SSSR count). The molecule has 6 heteroatoms. The number of rotatable bonds is 3. The van der Waals surface area contributed by atoms with Crippen molar-refractivity contribution in [1.29, 1.82) is 0 Å². The molecule has 3 N–H and O–H groups in total. The van der Waals surface area contributed by atoms with E-state index in [0.29, 0.717) is 5.56 Å². The van der Waals surface area contributed by atoms with Gasteiger partial charge in [-0.3, -0.25) is 4.68 Å². The number of aliphatic hydroxyl groups is 1. The topological polar surface area (TPSA) is 64.1 Å². The number of hydrogen-bond donors (Lipinski definition) is 2. The largest absolute Gasteiger partial charge is 0.388 e. The SMILES string of the molecule is Cn1ncc(C(O)Cc2c(F)cccc2F)c1N. The molecule has 1 aromatic heterocycles. The van der Waals surface area contributed by atoms with Crippen LogP contribution in [0.2, 0.25) is 0 Å². The molecule has 0 spiro atoms. The molecule has 1 aromatic carbocycles. The zero-order valence-corrected chi connectivity index (χ0v) is 9.77. The van der Waals surface area contributed by atoms with Crippen molar-refractivity contribution in [2.45, 2.75) is 12.5 Å². The highest BCUT2D eigenvalue weighted by atomic mass is 19.1. The van der Waals surface area contributed by atoms with Gasteiger partial charge in [-0.2, -0.15) is 5.10 Å². The summed E-state index contributed by atoms with van der Waals surface area (Å²) >= 11 is 0. The van der Waals surface area contributed by atoms with Gasteiger partial charge in [0.15, 0.2) is 0 Å². The first-order chi connectivity index (χ1) is 8.50. The second-order valence-electron chi connectivity index (χ2n) is 4.03. The molecule has 1 atom stereocenters. The van der Waals surface area contributed by atoms with Crippen molar-refractivity contribution in [3.63, 3.8) is 0 Å². The van der Waals surface area contributed by atoms with E-state index in [1.165, 1.54) is 16.9 Å². The molecule has 96 valence electrons. The van der Waals surface area contributed by atoms with Crippen LogP contribution in [0.15, 0.2) is 24.4 Å². The molecule has 0 aliphatic heterocycles. The van der Waals surface area contributed by atoms with Gasteiger partial charge in [0.2, 0.25) is 0 Å². The van der Waals surface area contributed by atoms with E-state index in [0.717, 1.165) is 12.1 Å². The Morgan fingerprint density at radius 1 is 1.39 bits per heavy atom. The number of nitrogens with zero attached hydrogens (tertiary/aromatic N) is 2. The van der Waals surface area contributed by atoms with Crippen molar-refractivity contribution >= 4 is 5.82 Å². The summed E-state index contributed by atoms with van der Waals surface area (Å²) in [5.41, 5.74) is 5.89. The maximum atomic E-state index is 13.4. The first kappa shape index (κ1) is 12.5. The van der Waals surface area contributed by atoms with Crippen LogP contribution in [0.1, 0.15) is 17.2 Å². The molecule has 1 heterocycles. The molecule has 0 saturated carbocycles. The third kappa shape index (κ3) is 2.19. The van der Waals surface area contributed by atoms with E-state index in [1.807, 2.05) is 0 Å². The van der Waals surface area contributed by atoms with Crippen molar-refractivity contribution in [2.75, 3.05) is 5.73 Å². The molecular weight excluding hydrogens is 240 g/mol. The van der Waals surface area contributed by atoms with Crippen molar-refractivity contribution in [1.82, 2.24) is 9.78 Å². The summed E-state index contributed by atoms with van der Waals surface area (Å²) in [6.45, 7) is 0. The molecule has 0 saturated heterocycles. The fourth-order valence-electron chi connectivity index (χ4n) is 1.75. The Labute approximate surface area is 103 Å². The van der Waals surface area contributed by atoms with Crippen LogP contribution >= 0.6 is 0 Å². The average molecular weight is 253 g/mol. The predicted molar refractivity (Wildman–Crippen MR) is 62.6 cm³/mol. The summed E-state index contributed by atoms with van der Waals surface area (Å²) in [7, 11) is 1.62. The Hall–Kier alpha value is -1.95. The summed E-state index contributed by atoms with van der Waals surface area (Å²) in [5.74, 6) is -1.09. The third-order valence-corrected chi connectivity index (χ3v) is 2.83. The number of aryl methyl sites for hydroxylation is 1. The molecule has 1 unspecified atom stereocenters. The maximum Gasteiger partial charge on any atom is 0.129 e. The molecule has 18 heavy (non-hydrogen) atoms. The smallest absolute Gasteiger partial charge is 0.129 e. The molecule has 4 nitrogen and oxygen atoms in total. The van der Waals surface area contributed by atoms with Crippen LogP contribution in [0, 0.1) is 11.6 Å². The number of hydrogen-bond acceptors (Lipinski definition) is 3. The fraction of sp³-hybridized carbons (Fsp3) is 0.250. The van der Waals surface area contributed by atoms with Crippen molar-refractivity contribution in [2.24, 2.45) is 7.05 Å². The van der Waals surface area contributed by atoms with E-state index in [9.17, 15) is 13.9 Å².